The van der Waals surface area contributed by atoms with Crippen molar-refractivity contribution in [1.29, 1.82) is 0 Å². The predicted octanol–water partition coefficient (Wildman–Crippen LogP) is 3.49. The Kier molecular flexibility index (Phi) is 4.51. The number of thiazole rings is 1. The second-order valence-electron chi connectivity index (χ2n) is 6.28. The number of aromatic nitrogens is 1. The number of benzene rings is 2. The van der Waals surface area contributed by atoms with Gasteiger partial charge in [0.25, 0.3) is 5.69 Å². The van der Waals surface area contributed by atoms with Crippen LogP contribution in [0.25, 0.3) is 0 Å². The molecule has 0 radical (unpaired) electrons. The van der Waals surface area contributed by atoms with Gasteiger partial charge in [-0.25, -0.2) is 9.78 Å². The summed E-state index contributed by atoms with van der Waals surface area (Å²) in [6, 6.07) is 8.48. The van der Waals surface area contributed by atoms with Crippen molar-refractivity contribution in [2.45, 2.75) is 13.5 Å². The maximum absolute atomic E-state index is 12.9. The van der Waals surface area contributed by atoms with Gasteiger partial charge in [0.15, 0.2) is 5.78 Å². The largest absolute Gasteiger partial charge is 0.455 e. The molecule has 0 spiro atoms. The van der Waals surface area contributed by atoms with Crippen LogP contribution in [0.2, 0.25) is 0 Å². The minimum Gasteiger partial charge on any atom is -0.455 e. The Morgan fingerprint density at radius 3 is 2.41 bits per heavy atom. The first kappa shape index (κ1) is 18.6. The fraction of sp³-hybridized carbons (Fsp3) is 0.100. The smallest absolute Gasteiger partial charge is 0.345 e. The number of esters is 1. The lowest BCUT2D eigenvalue weighted by molar-refractivity contribution is -0.385. The number of ketones is 2. The van der Waals surface area contributed by atoms with Crippen molar-refractivity contribution >= 4 is 34.6 Å². The van der Waals surface area contributed by atoms with Gasteiger partial charge in [-0.3, -0.25) is 19.7 Å². The van der Waals surface area contributed by atoms with Gasteiger partial charge in [-0.05, 0) is 19.1 Å². The second-order valence-corrected chi connectivity index (χ2v) is 7.34. The Balaban J connectivity index is 1.77. The molecule has 1 aliphatic carbocycles. The third kappa shape index (κ3) is 3.11. The summed E-state index contributed by atoms with van der Waals surface area (Å²) in [7, 11) is 0. The van der Waals surface area contributed by atoms with E-state index in [1.807, 2.05) is 0 Å². The maximum Gasteiger partial charge on any atom is 0.345 e. The van der Waals surface area contributed by atoms with Gasteiger partial charge in [0, 0.05) is 22.1 Å². The molecule has 3 aromatic rings. The monoisotopic (exact) mass is 408 g/mol. The van der Waals surface area contributed by atoms with E-state index in [1.54, 1.807) is 24.4 Å². The first-order valence-corrected chi connectivity index (χ1v) is 9.34. The van der Waals surface area contributed by atoms with Gasteiger partial charge >= 0.3 is 5.97 Å². The summed E-state index contributed by atoms with van der Waals surface area (Å²) in [6.07, 6.45) is 0. The Bertz CT molecular complexity index is 1210. The van der Waals surface area contributed by atoms with E-state index in [0.29, 0.717) is 5.69 Å². The molecule has 29 heavy (non-hydrogen) atoms. The summed E-state index contributed by atoms with van der Waals surface area (Å²) in [5.41, 5.74) is -0.854. The highest BCUT2D eigenvalue weighted by Gasteiger charge is 2.38. The van der Waals surface area contributed by atoms with E-state index in [1.165, 1.54) is 29.5 Å². The van der Waals surface area contributed by atoms with E-state index in [9.17, 15) is 24.5 Å². The van der Waals surface area contributed by atoms with Gasteiger partial charge in [0.2, 0.25) is 5.78 Å². The number of hydrogen-bond acceptors (Lipinski definition) is 8. The van der Waals surface area contributed by atoms with Crippen LogP contribution in [0.4, 0.5) is 5.69 Å². The van der Waals surface area contributed by atoms with Crippen LogP contribution in [0.15, 0.2) is 41.8 Å². The zero-order chi connectivity index (χ0) is 20.7. The standard InChI is InChI=1S/C20H12N2O6S/c1-10-21-11(9-29-10)8-28-20(25)15-7-6-14-16(17(15)22(26)27)19(24)13-5-3-2-4-12(13)18(14)23/h2-7,9H,8H2,1H3. The summed E-state index contributed by atoms with van der Waals surface area (Å²) in [6.45, 7) is 1.64. The molecule has 2 aromatic carbocycles. The van der Waals surface area contributed by atoms with Crippen LogP contribution in [-0.4, -0.2) is 27.4 Å². The number of aryl methyl sites for hydroxylation is 1. The van der Waals surface area contributed by atoms with Crippen LogP contribution in [0.3, 0.4) is 0 Å². The molecule has 8 nitrogen and oxygen atoms in total. The van der Waals surface area contributed by atoms with Gasteiger partial charge in [0.1, 0.15) is 17.7 Å². The Morgan fingerprint density at radius 2 is 1.79 bits per heavy atom. The SMILES string of the molecule is Cc1nc(COC(=O)c2ccc3c(c2[N+](=O)[O-])C(=O)c2ccccc2C3=O)cs1. The molecular formula is C20H12N2O6S. The molecule has 0 unspecified atom stereocenters. The molecular weight excluding hydrogens is 396 g/mol. The van der Waals surface area contributed by atoms with E-state index in [0.717, 1.165) is 11.1 Å². The predicted molar refractivity (Wildman–Crippen MR) is 102 cm³/mol. The van der Waals surface area contributed by atoms with Crippen LogP contribution in [0.1, 0.15) is 52.9 Å². The molecule has 1 aliphatic rings. The zero-order valence-electron chi connectivity index (χ0n) is 15.0. The molecule has 0 amide bonds. The molecule has 1 aromatic heterocycles. The Morgan fingerprint density at radius 1 is 1.10 bits per heavy atom. The Labute approximate surface area is 167 Å². The fourth-order valence-corrected chi connectivity index (χ4v) is 3.81. The van der Waals surface area contributed by atoms with Crippen LogP contribution < -0.4 is 0 Å². The van der Waals surface area contributed by atoms with Gasteiger partial charge in [-0.1, -0.05) is 24.3 Å². The molecule has 9 heteroatoms. The fourth-order valence-electron chi connectivity index (χ4n) is 3.22. The normalized spacial score (nSPS) is 12.3. The van der Waals surface area contributed by atoms with E-state index in [2.05, 4.69) is 4.98 Å². The minimum atomic E-state index is -0.968. The summed E-state index contributed by atoms with van der Waals surface area (Å²) in [4.78, 5) is 53.3. The highest BCUT2D eigenvalue weighted by atomic mass is 32.1. The van der Waals surface area contributed by atoms with Crippen molar-refractivity contribution in [2.24, 2.45) is 0 Å². The maximum atomic E-state index is 12.9. The second kappa shape index (κ2) is 7.02. The zero-order valence-corrected chi connectivity index (χ0v) is 15.8. The van der Waals surface area contributed by atoms with Gasteiger partial charge in [0.05, 0.1) is 15.6 Å². The molecule has 4 rings (SSSR count). The Hall–Kier alpha value is -3.72. The van der Waals surface area contributed by atoms with Crippen LogP contribution in [0, 0.1) is 17.0 Å². The quantitative estimate of drug-likeness (QED) is 0.288. The highest BCUT2D eigenvalue weighted by molar-refractivity contribution is 7.09. The van der Waals surface area contributed by atoms with E-state index >= 15 is 0 Å². The average molecular weight is 408 g/mol. The molecule has 0 aliphatic heterocycles. The topological polar surface area (TPSA) is 116 Å². The number of hydrogen-bond donors (Lipinski definition) is 0. The summed E-state index contributed by atoms with van der Waals surface area (Å²) in [5, 5.41) is 14.3. The van der Waals surface area contributed by atoms with Crippen molar-refractivity contribution in [1.82, 2.24) is 4.98 Å². The molecule has 0 saturated carbocycles. The highest BCUT2D eigenvalue weighted by Crippen LogP contribution is 2.35. The average Bonchev–Trinajstić information content (AvgIpc) is 3.14. The number of nitro benzene ring substituents is 1. The summed E-state index contributed by atoms with van der Waals surface area (Å²) < 4.78 is 5.15. The van der Waals surface area contributed by atoms with E-state index in [4.69, 9.17) is 4.74 Å². The molecule has 1 heterocycles. The third-order valence-corrected chi connectivity index (χ3v) is 5.31. The number of carbonyl (C=O) groups is 3. The van der Waals surface area contributed by atoms with Crippen molar-refractivity contribution in [2.75, 3.05) is 0 Å². The van der Waals surface area contributed by atoms with Crippen LogP contribution in [0.5, 0.6) is 0 Å². The van der Waals surface area contributed by atoms with Crippen molar-refractivity contribution in [3.05, 3.63) is 90.4 Å². The lowest BCUT2D eigenvalue weighted by atomic mass is 9.82. The number of carbonyl (C=O) groups excluding carboxylic acids is 3. The number of rotatable bonds is 4. The molecule has 0 fully saturated rings. The third-order valence-electron chi connectivity index (χ3n) is 4.49. The molecule has 144 valence electrons. The lowest BCUT2D eigenvalue weighted by Gasteiger charge is -2.18. The van der Waals surface area contributed by atoms with Crippen LogP contribution >= 0.6 is 11.3 Å². The van der Waals surface area contributed by atoms with Gasteiger partial charge in [-0.15, -0.1) is 11.3 Å². The lowest BCUT2D eigenvalue weighted by Crippen LogP contribution is -2.23. The van der Waals surface area contributed by atoms with E-state index < -0.39 is 33.7 Å². The molecule has 0 N–H and O–H groups in total. The number of nitrogens with zero attached hydrogens (tertiary/aromatic N) is 2. The summed E-state index contributed by atoms with van der Waals surface area (Å²) >= 11 is 1.38. The van der Waals surface area contributed by atoms with Crippen LogP contribution in [-0.2, 0) is 11.3 Å². The number of nitro groups is 1. The molecule has 0 saturated heterocycles. The van der Waals surface area contributed by atoms with Gasteiger partial charge < -0.3 is 4.74 Å². The number of fused-ring (bicyclic) bond motifs is 2. The molecule has 0 bridgehead atoms. The minimum absolute atomic E-state index is 0.0663. The van der Waals surface area contributed by atoms with Crippen molar-refractivity contribution in [3.8, 4) is 0 Å². The number of ether oxygens (including phenoxy) is 1. The summed E-state index contributed by atoms with van der Waals surface area (Å²) in [5.74, 6) is -2.15. The van der Waals surface area contributed by atoms with E-state index in [-0.39, 0.29) is 28.9 Å². The first-order chi connectivity index (χ1) is 13.9. The van der Waals surface area contributed by atoms with Crippen molar-refractivity contribution < 1.29 is 24.0 Å². The van der Waals surface area contributed by atoms with Gasteiger partial charge in [-0.2, -0.15) is 0 Å². The molecule has 0 atom stereocenters. The van der Waals surface area contributed by atoms with Crippen molar-refractivity contribution in [3.63, 3.8) is 0 Å². The first-order valence-electron chi connectivity index (χ1n) is 8.46.